The summed E-state index contributed by atoms with van der Waals surface area (Å²) in [5, 5.41) is 4.91. The van der Waals surface area contributed by atoms with E-state index >= 15 is 0 Å². The average molecular weight is 331 g/mol. The summed E-state index contributed by atoms with van der Waals surface area (Å²) in [6.45, 7) is 4.76. The molecule has 0 fully saturated rings. The zero-order valence-corrected chi connectivity index (χ0v) is 14.1. The molecular weight excluding hydrogens is 306 g/mol. The summed E-state index contributed by atoms with van der Waals surface area (Å²) in [5.41, 5.74) is 5.71. The van der Waals surface area contributed by atoms with Crippen molar-refractivity contribution in [2.45, 2.75) is 45.7 Å². The minimum Gasteiger partial charge on any atom is -0.347 e. The predicted molar refractivity (Wildman–Crippen MR) is 86.5 cm³/mol. The van der Waals surface area contributed by atoms with Crippen molar-refractivity contribution in [2.24, 2.45) is 11.7 Å². The maximum absolute atomic E-state index is 11.8. The van der Waals surface area contributed by atoms with E-state index in [0.29, 0.717) is 0 Å². The lowest BCUT2D eigenvalue weighted by atomic mass is 9.99. The highest BCUT2D eigenvalue weighted by atomic mass is 32.1. The lowest BCUT2D eigenvalue weighted by Crippen LogP contribution is -2.49. The lowest BCUT2D eigenvalue weighted by molar-refractivity contribution is -0.129. The Balaban J connectivity index is 4.29. The fraction of sp³-hybridized carbons (Fsp3) is 0.714. The number of amides is 2. The first-order chi connectivity index (χ1) is 10.2. The number of carbonyl (C=O) groups excluding carboxylic acids is 4. The number of hydrogen-bond acceptors (Lipinski definition) is 6. The maximum Gasteiger partial charge on any atom is 0.243 e. The molecule has 8 heteroatoms. The van der Waals surface area contributed by atoms with E-state index < -0.39 is 18.0 Å². The molecule has 4 N–H and O–H groups in total. The Kier molecular flexibility index (Phi) is 9.68. The minimum absolute atomic E-state index is 0.0455. The molecule has 22 heavy (non-hydrogen) atoms. The van der Waals surface area contributed by atoms with Crippen LogP contribution in [-0.4, -0.2) is 47.8 Å². The zero-order chi connectivity index (χ0) is 17.3. The Morgan fingerprint density at radius 1 is 1.18 bits per heavy atom. The number of Topliss-reactive ketones (excluding diaryl/α,β-unsaturated/α-hetero) is 2. The van der Waals surface area contributed by atoms with Crippen molar-refractivity contribution in [3.8, 4) is 0 Å². The quantitative estimate of drug-likeness (QED) is 0.400. The number of ketones is 2. The largest absolute Gasteiger partial charge is 0.347 e. The van der Waals surface area contributed by atoms with Crippen LogP contribution in [0.25, 0.3) is 0 Å². The van der Waals surface area contributed by atoms with Crippen LogP contribution in [0.4, 0.5) is 0 Å². The second-order valence-electron chi connectivity index (χ2n) is 5.42. The van der Waals surface area contributed by atoms with Crippen LogP contribution in [0.5, 0.6) is 0 Å². The zero-order valence-electron chi connectivity index (χ0n) is 13.2. The van der Waals surface area contributed by atoms with E-state index in [9.17, 15) is 19.2 Å². The van der Waals surface area contributed by atoms with Gasteiger partial charge in [-0.15, -0.1) is 0 Å². The van der Waals surface area contributed by atoms with Gasteiger partial charge in [0.25, 0.3) is 0 Å². The van der Waals surface area contributed by atoms with Crippen LogP contribution in [0.15, 0.2) is 0 Å². The number of nitrogens with two attached hydrogens (primary N) is 1. The Hall–Kier alpha value is -1.41. The third-order valence-corrected chi connectivity index (χ3v) is 3.33. The van der Waals surface area contributed by atoms with Crippen molar-refractivity contribution >= 4 is 36.0 Å². The fourth-order valence-corrected chi connectivity index (χ4v) is 1.91. The van der Waals surface area contributed by atoms with Crippen LogP contribution in [-0.2, 0) is 19.2 Å². The number of nitrogens with one attached hydrogen (secondary N) is 2. The Labute approximate surface area is 136 Å². The summed E-state index contributed by atoms with van der Waals surface area (Å²) < 4.78 is 0. The van der Waals surface area contributed by atoms with Gasteiger partial charge in [-0.2, -0.15) is 12.6 Å². The second-order valence-corrected chi connectivity index (χ2v) is 5.79. The summed E-state index contributed by atoms with van der Waals surface area (Å²) in [6, 6.07) is -1.51. The van der Waals surface area contributed by atoms with E-state index in [1.165, 1.54) is 6.92 Å². The van der Waals surface area contributed by atoms with E-state index in [1.54, 1.807) is 13.8 Å². The van der Waals surface area contributed by atoms with Gasteiger partial charge in [0.1, 0.15) is 11.8 Å². The van der Waals surface area contributed by atoms with Gasteiger partial charge in [0.15, 0.2) is 5.78 Å². The molecule has 0 saturated carbocycles. The molecule has 0 spiro atoms. The van der Waals surface area contributed by atoms with Gasteiger partial charge < -0.3 is 16.4 Å². The van der Waals surface area contributed by atoms with E-state index in [-0.39, 0.29) is 48.5 Å². The highest BCUT2D eigenvalue weighted by Crippen LogP contribution is 2.04. The van der Waals surface area contributed by atoms with Crippen LogP contribution in [0.1, 0.15) is 33.6 Å². The van der Waals surface area contributed by atoms with Gasteiger partial charge in [0.2, 0.25) is 11.8 Å². The summed E-state index contributed by atoms with van der Waals surface area (Å²) >= 11 is 4.00. The minimum atomic E-state index is -0.827. The van der Waals surface area contributed by atoms with Gasteiger partial charge in [-0.05, 0) is 13.3 Å². The summed E-state index contributed by atoms with van der Waals surface area (Å²) in [7, 11) is 0. The summed E-state index contributed by atoms with van der Waals surface area (Å²) in [6.07, 6.45) is 0.265. The Morgan fingerprint density at radius 2 is 1.77 bits per heavy atom. The van der Waals surface area contributed by atoms with Crippen molar-refractivity contribution in [2.75, 3.05) is 12.3 Å². The third-order valence-electron chi connectivity index (χ3n) is 2.96. The molecule has 2 atom stereocenters. The van der Waals surface area contributed by atoms with Crippen molar-refractivity contribution in [3.63, 3.8) is 0 Å². The molecule has 0 heterocycles. The van der Waals surface area contributed by atoms with Gasteiger partial charge in [-0.25, -0.2) is 0 Å². The molecule has 0 bridgehead atoms. The highest BCUT2D eigenvalue weighted by molar-refractivity contribution is 7.80. The first-order valence-electron chi connectivity index (χ1n) is 7.15. The van der Waals surface area contributed by atoms with Gasteiger partial charge >= 0.3 is 0 Å². The first-order valence-corrected chi connectivity index (χ1v) is 7.79. The lowest BCUT2D eigenvalue weighted by Gasteiger charge is -2.17. The van der Waals surface area contributed by atoms with E-state index in [1.807, 2.05) is 0 Å². The smallest absolute Gasteiger partial charge is 0.243 e. The first kappa shape index (κ1) is 20.6. The number of rotatable bonds is 10. The molecule has 0 saturated heterocycles. The Bertz CT molecular complexity index is 426. The number of thiol groups is 1. The van der Waals surface area contributed by atoms with E-state index in [0.717, 1.165) is 0 Å². The molecule has 0 aromatic carbocycles. The normalized spacial score (nSPS) is 13.4. The molecule has 126 valence electrons. The molecule has 2 amide bonds. The van der Waals surface area contributed by atoms with Gasteiger partial charge in [0, 0.05) is 18.1 Å². The second kappa shape index (κ2) is 10.3. The molecule has 0 aliphatic rings. The molecule has 0 aliphatic carbocycles. The standard InChI is InChI=1S/C14H25N3O4S/c1-8(2)13(20)10(15)4-5-12(19)17-11(7-22)14(21)16-6-9(3)18/h8,10-11,22H,4-7,15H2,1-3H3,(H,16,21)(H,17,19). The SMILES string of the molecule is CC(=O)CNC(=O)C(CS)NC(=O)CCC(N)C(=O)C(C)C. The molecule has 2 unspecified atom stereocenters. The van der Waals surface area contributed by atoms with Crippen LogP contribution in [0, 0.1) is 5.92 Å². The molecular formula is C14H25N3O4S. The van der Waals surface area contributed by atoms with Gasteiger partial charge in [0.05, 0.1) is 12.6 Å². The maximum atomic E-state index is 11.8. The monoisotopic (exact) mass is 331 g/mol. The number of carbonyl (C=O) groups is 4. The van der Waals surface area contributed by atoms with Crippen molar-refractivity contribution in [1.29, 1.82) is 0 Å². The van der Waals surface area contributed by atoms with Crippen molar-refractivity contribution in [1.82, 2.24) is 10.6 Å². The number of hydrogen-bond donors (Lipinski definition) is 4. The molecule has 0 radical (unpaired) electrons. The predicted octanol–water partition coefficient (Wildman–Crippen LogP) is -0.561. The molecule has 0 aliphatic heterocycles. The molecule has 7 nitrogen and oxygen atoms in total. The topological polar surface area (TPSA) is 118 Å². The van der Waals surface area contributed by atoms with E-state index in [2.05, 4.69) is 23.3 Å². The molecule has 0 aromatic rings. The third kappa shape index (κ3) is 8.14. The van der Waals surface area contributed by atoms with Crippen LogP contribution >= 0.6 is 12.6 Å². The fourth-order valence-electron chi connectivity index (χ4n) is 1.65. The summed E-state index contributed by atoms with van der Waals surface area (Å²) in [4.78, 5) is 46.0. The highest BCUT2D eigenvalue weighted by Gasteiger charge is 2.21. The average Bonchev–Trinajstić information content (AvgIpc) is 2.46. The van der Waals surface area contributed by atoms with Gasteiger partial charge in [-0.3, -0.25) is 19.2 Å². The van der Waals surface area contributed by atoms with Crippen LogP contribution < -0.4 is 16.4 Å². The molecule has 0 aromatic heterocycles. The van der Waals surface area contributed by atoms with Crippen molar-refractivity contribution < 1.29 is 19.2 Å². The Morgan fingerprint density at radius 3 is 2.23 bits per heavy atom. The van der Waals surface area contributed by atoms with E-state index in [4.69, 9.17) is 5.73 Å². The van der Waals surface area contributed by atoms with Crippen molar-refractivity contribution in [3.05, 3.63) is 0 Å². The summed E-state index contributed by atoms with van der Waals surface area (Å²) in [5.74, 6) is -1.22. The molecule has 0 rings (SSSR count). The van der Waals surface area contributed by atoms with Crippen LogP contribution in [0.2, 0.25) is 0 Å². The van der Waals surface area contributed by atoms with Crippen LogP contribution in [0.3, 0.4) is 0 Å². The van der Waals surface area contributed by atoms with Gasteiger partial charge in [-0.1, -0.05) is 13.8 Å².